The molecule has 0 radical (unpaired) electrons. The minimum absolute atomic E-state index is 0.350. The maximum Gasteiger partial charge on any atom is 0.341 e. The van der Waals surface area contributed by atoms with Crippen molar-refractivity contribution in [1.29, 1.82) is 0 Å². The van der Waals surface area contributed by atoms with Gasteiger partial charge in [-0.2, -0.15) is 0 Å². The predicted octanol–water partition coefficient (Wildman–Crippen LogP) is 2.93. The van der Waals surface area contributed by atoms with Crippen LogP contribution in [-0.4, -0.2) is 26.3 Å². The first kappa shape index (κ1) is 13.9. The highest BCUT2D eigenvalue weighted by Crippen LogP contribution is 2.18. The molecule has 20 heavy (non-hydrogen) atoms. The van der Waals surface area contributed by atoms with Crippen LogP contribution >= 0.6 is 0 Å². The van der Waals surface area contributed by atoms with Crippen LogP contribution in [0.4, 0.5) is 0 Å². The van der Waals surface area contributed by atoms with Crippen LogP contribution < -0.4 is 9.47 Å². The van der Waals surface area contributed by atoms with Gasteiger partial charge in [-0.05, 0) is 24.3 Å². The molecule has 0 fully saturated rings. The molecule has 0 saturated carbocycles. The molecule has 2 aromatic carbocycles. The number of benzene rings is 2. The molecule has 0 heterocycles. The molecule has 0 aromatic heterocycles. The van der Waals surface area contributed by atoms with Gasteiger partial charge in [0.05, 0.1) is 7.11 Å². The Morgan fingerprint density at radius 3 is 2.30 bits per heavy atom. The van der Waals surface area contributed by atoms with E-state index in [0.29, 0.717) is 24.5 Å². The van der Waals surface area contributed by atoms with E-state index in [-0.39, 0.29) is 0 Å². The van der Waals surface area contributed by atoms with E-state index >= 15 is 0 Å². The van der Waals surface area contributed by atoms with Crippen molar-refractivity contribution in [2.24, 2.45) is 0 Å². The van der Waals surface area contributed by atoms with Crippen LogP contribution in [0.1, 0.15) is 10.4 Å². The molecule has 0 spiro atoms. The molecule has 2 rings (SSSR count). The van der Waals surface area contributed by atoms with Crippen molar-refractivity contribution in [1.82, 2.24) is 0 Å². The lowest BCUT2D eigenvalue weighted by molar-refractivity contribution is 0.0595. The number of hydrogen-bond acceptors (Lipinski definition) is 4. The topological polar surface area (TPSA) is 44.8 Å². The van der Waals surface area contributed by atoms with E-state index in [1.54, 1.807) is 24.3 Å². The smallest absolute Gasteiger partial charge is 0.341 e. The molecule has 0 aliphatic rings. The second-order valence-corrected chi connectivity index (χ2v) is 4.00. The van der Waals surface area contributed by atoms with E-state index in [9.17, 15) is 4.79 Å². The predicted molar refractivity (Wildman–Crippen MR) is 75.2 cm³/mol. The highest BCUT2D eigenvalue weighted by molar-refractivity contribution is 5.92. The summed E-state index contributed by atoms with van der Waals surface area (Å²) >= 11 is 0. The van der Waals surface area contributed by atoms with Crippen molar-refractivity contribution in [3.8, 4) is 11.5 Å². The number of rotatable bonds is 6. The molecule has 104 valence electrons. The van der Waals surface area contributed by atoms with E-state index in [4.69, 9.17) is 14.2 Å². The van der Waals surface area contributed by atoms with Crippen LogP contribution in [0.15, 0.2) is 54.6 Å². The average molecular weight is 272 g/mol. The second kappa shape index (κ2) is 7.19. The highest BCUT2D eigenvalue weighted by Gasteiger charge is 2.11. The lowest BCUT2D eigenvalue weighted by Gasteiger charge is -2.10. The second-order valence-electron chi connectivity index (χ2n) is 4.00. The molecule has 2 aromatic rings. The normalized spacial score (nSPS) is 9.85. The van der Waals surface area contributed by atoms with Crippen LogP contribution in [0, 0.1) is 0 Å². The van der Waals surface area contributed by atoms with Gasteiger partial charge in [0.1, 0.15) is 30.3 Å². The van der Waals surface area contributed by atoms with Gasteiger partial charge in [-0.1, -0.05) is 30.3 Å². The van der Waals surface area contributed by atoms with E-state index in [2.05, 4.69) is 0 Å². The Morgan fingerprint density at radius 1 is 0.900 bits per heavy atom. The third kappa shape index (κ3) is 3.75. The van der Waals surface area contributed by atoms with Gasteiger partial charge in [0, 0.05) is 0 Å². The van der Waals surface area contributed by atoms with Crippen LogP contribution in [0.5, 0.6) is 11.5 Å². The number of carbonyl (C=O) groups excluding carboxylic acids is 1. The van der Waals surface area contributed by atoms with Crippen molar-refractivity contribution in [3.05, 3.63) is 60.2 Å². The Hall–Kier alpha value is -2.49. The zero-order valence-electron chi connectivity index (χ0n) is 11.2. The van der Waals surface area contributed by atoms with Gasteiger partial charge in [0.2, 0.25) is 0 Å². The fourth-order valence-electron chi connectivity index (χ4n) is 1.70. The zero-order valence-corrected chi connectivity index (χ0v) is 11.2. The fraction of sp³-hybridized carbons (Fsp3) is 0.188. The maximum absolute atomic E-state index is 11.6. The zero-order chi connectivity index (χ0) is 14.2. The Balaban J connectivity index is 1.87. The van der Waals surface area contributed by atoms with Crippen molar-refractivity contribution < 1.29 is 19.0 Å². The Labute approximate surface area is 117 Å². The molecular formula is C16H16O4. The summed E-state index contributed by atoms with van der Waals surface area (Å²) in [6.45, 7) is 0.752. The summed E-state index contributed by atoms with van der Waals surface area (Å²) < 4.78 is 15.8. The Kier molecular flexibility index (Phi) is 5.00. The summed E-state index contributed by atoms with van der Waals surface area (Å²) in [5.74, 6) is 0.873. The van der Waals surface area contributed by atoms with Crippen LogP contribution in [0.3, 0.4) is 0 Å². The first-order valence-electron chi connectivity index (χ1n) is 6.29. The number of ether oxygens (including phenoxy) is 3. The third-order valence-corrected chi connectivity index (χ3v) is 2.65. The molecule has 4 nitrogen and oxygen atoms in total. The highest BCUT2D eigenvalue weighted by atomic mass is 16.5. The van der Waals surface area contributed by atoms with Crippen molar-refractivity contribution in [3.63, 3.8) is 0 Å². The number of hydrogen-bond donors (Lipinski definition) is 0. The van der Waals surface area contributed by atoms with Gasteiger partial charge in [-0.3, -0.25) is 0 Å². The largest absolute Gasteiger partial charge is 0.490 e. The molecule has 4 heteroatoms. The number of carbonyl (C=O) groups is 1. The van der Waals surface area contributed by atoms with Crippen LogP contribution in [-0.2, 0) is 4.74 Å². The van der Waals surface area contributed by atoms with Gasteiger partial charge in [-0.25, -0.2) is 4.79 Å². The van der Waals surface area contributed by atoms with Crippen molar-refractivity contribution in [2.75, 3.05) is 20.3 Å². The molecule has 0 unspecified atom stereocenters. The quantitative estimate of drug-likeness (QED) is 0.599. The Bertz CT molecular complexity index is 551. The minimum Gasteiger partial charge on any atom is -0.490 e. The number of para-hydroxylation sites is 2. The standard InChI is InChI=1S/C16H16O4/c1-18-16(17)14-9-5-6-10-15(14)20-12-11-19-13-7-3-2-4-8-13/h2-10H,11-12H2,1H3. The van der Waals surface area contributed by atoms with Crippen molar-refractivity contribution in [2.45, 2.75) is 0 Å². The van der Waals surface area contributed by atoms with E-state index in [1.807, 2.05) is 30.3 Å². The molecule has 0 aliphatic heterocycles. The fourth-order valence-corrected chi connectivity index (χ4v) is 1.70. The number of esters is 1. The molecule has 0 N–H and O–H groups in total. The summed E-state index contributed by atoms with van der Waals surface area (Å²) in [6, 6.07) is 16.5. The minimum atomic E-state index is -0.412. The SMILES string of the molecule is COC(=O)c1ccccc1OCCOc1ccccc1. The van der Waals surface area contributed by atoms with Gasteiger partial charge in [0.15, 0.2) is 0 Å². The first-order chi connectivity index (χ1) is 9.81. The van der Waals surface area contributed by atoms with Crippen LogP contribution in [0.25, 0.3) is 0 Å². The Morgan fingerprint density at radius 2 is 1.55 bits per heavy atom. The van der Waals surface area contributed by atoms with Gasteiger partial charge in [0.25, 0.3) is 0 Å². The molecular weight excluding hydrogens is 256 g/mol. The van der Waals surface area contributed by atoms with Crippen LogP contribution in [0.2, 0.25) is 0 Å². The molecule has 0 atom stereocenters. The summed E-state index contributed by atoms with van der Waals surface area (Å²) in [7, 11) is 1.34. The molecule has 0 bridgehead atoms. The summed E-state index contributed by atoms with van der Waals surface area (Å²) in [6.07, 6.45) is 0. The van der Waals surface area contributed by atoms with E-state index < -0.39 is 5.97 Å². The molecule has 0 aliphatic carbocycles. The van der Waals surface area contributed by atoms with E-state index in [0.717, 1.165) is 5.75 Å². The van der Waals surface area contributed by atoms with Crippen molar-refractivity contribution >= 4 is 5.97 Å². The lowest BCUT2D eigenvalue weighted by atomic mass is 10.2. The van der Waals surface area contributed by atoms with E-state index in [1.165, 1.54) is 7.11 Å². The maximum atomic E-state index is 11.6. The molecule has 0 amide bonds. The monoisotopic (exact) mass is 272 g/mol. The summed E-state index contributed by atoms with van der Waals surface area (Å²) in [4.78, 5) is 11.6. The van der Waals surface area contributed by atoms with Gasteiger partial charge in [-0.15, -0.1) is 0 Å². The third-order valence-electron chi connectivity index (χ3n) is 2.65. The molecule has 0 saturated heterocycles. The summed E-state index contributed by atoms with van der Waals surface area (Å²) in [5, 5.41) is 0. The van der Waals surface area contributed by atoms with Gasteiger partial charge < -0.3 is 14.2 Å². The lowest BCUT2D eigenvalue weighted by Crippen LogP contribution is -2.11. The first-order valence-corrected chi connectivity index (χ1v) is 6.29. The number of methoxy groups -OCH3 is 1. The van der Waals surface area contributed by atoms with Gasteiger partial charge >= 0.3 is 5.97 Å². The summed E-state index contributed by atoms with van der Waals surface area (Å²) in [5.41, 5.74) is 0.412. The average Bonchev–Trinajstić information content (AvgIpc) is 2.52.